The van der Waals surface area contributed by atoms with Crippen LogP contribution in [-0.2, 0) is 9.53 Å². The number of benzene rings is 1. The van der Waals surface area contributed by atoms with E-state index < -0.39 is 17.9 Å². The van der Waals surface area contributed by atoms with E-state index in [1.54, 1.807) is 32.3 Å². The highest BCUT2D eigenvalue weighted by Crippen LogP contribution is 2.25. The Hall–Kier alpha value is -2.63. The molecule has 116 valence electrons. The summed E-state index contributed by atoms with van der Waals surface area (Å²) in [5.74, 6) is -1.43. The van der Waals surface area contributed by atoms with Crippen molar-refractivity contribution in [3.05, 3.63) is 48.0 Å². The fourth-order valence-corrected chi connectivity index (χ4v) is 1.89. The lowest BCUT2D eigenvalue weighted by atomic mass is 10.1. The molecular formula is C16H16FNO4. The third-order valence-electron chi connectivity index (χ3n) is 3.02. The zero-order valence-electron chi connectivity index (χ0n) is 12.5. The average Bonchev–Trinajstić information content (AvgIpc) is 2.96. The highest BCUT2D eigenvalue weighted by molar-refractivity contribution is 5.90. The maximum Gasteiger partial charge on any atom is 0.375 e. The maximum atomic E-state index is 13.7. The van der Waals surface area contributed by atoms with Crippen molar-refractivity contribution in [1.29, 1.82) is 0 Å². The lowest BCUT2D eigenvalue weighted by Gasteiger charge is -2.16. The molecule has 5 nitrogen and oxygen atoms in total. The molecule has 0 unspecified atom stereocenters. The van der Waals surface area contributed by atoms with Crippen molar-refractivity contribution >= 4 is 11.9 Å². The van der Waals surface area contributed by atoms with Crippen LogP contribution in [0.3, 0.4) is 0 Å². The van der Waals surface area contributed by atoms with Crippen LogP contribution in [0.5, 0.6) is 0 Å². The number of likely N-dealkylation sites (N-methyl/N-ethyl adjacent to an activating group) is 1. The van der Waals surface area contributed by atoms with Crippen LogP contribution in [0.25, 0.3) is 11.3 Å². The van der Waals surface area contributed by atoms with Gasteiger partial charge >= 0.3 is 5.97 Å². The quantitative estimate of drug-likeness (QED) is 0.815. The maximum absolute atomic E-state index is 13.7. The van der Waals surface area contributed by atoms with E-state index in [4.69, 9.17) is 9.15 Å². The average molecular weight is 305 g/mol. The van der Waals surface area contributed by atoms with E-state index in [0.29, 0.717) is 0 Å². The van der Waals surface area contributed by atoms with Crippen LogP contribution < -0.4 is 0 Å². The van der Waals surface area contributed by atoms with Gasteiger partial charge in [-0.1, -0.05) is 12.1 Å². The van der Waals surface area contributed by atoms with Crippen LogP contribution in [0.2, 0.25) is 0 Å². The molecule has 0 bridgehead atoms. The molecule has 0 fully saturated rings. The largest absolute Gasteiger partial charge is 0.449 e. The van der Waals surface area contributed by atoms with Crippen molar-refractivity contribution in [2.75, 3.05) is 14.1 Å². The fourth-order valence-electron chi connectivity index (χ4n) is 1.89. The van der Waals surface area contributed by atoms with Crippen LogP contribution in [0.4, 0.5) is 4.39 Å². The van der Waals surface area contributed by atoms with Crippen molar-refractivity contribution in [2.45, 2.75) is 13.0 Å². The standard InChI is InChI=1S/C16H16FNO4/c1-10(15(19)18(2)3)21-16(20)14-9-8-13(22-14)11-6-4-5-7-12(11)17/h4-10H,1-3H3/t10-/m1/s1. The minimum Gasteiger partial charge on any atom is -0.449 e. The predicted molar refractivity (Wildman–Crippen MR) is 77.7 cm³/mol. The molecule has 1 atom stereocenters. The Bertz CT molecular complexity index is 693. The zero-order valence-corrected chi connectivity index (χ0v) is 12.5. The van der Waals surface area contributed by atoms with Gasteiger partial charge in [0.2, 0.25) is 5.76 Å². The second-order valence-corrected chi connectivity index (χ2v) is 4.92. The number of rotatable bonds is 4. The number of amides is 1. The van der Waals surface area contributed by atoms with Gasteiger partial charge in [-0.15, -0.1) is 0 Å². The van der Waals surface area contributed by atoms with Crippen molar-refractivity contribution in [3.8, 4) is 11.3 Å². The molecule has 0 aliphatic carbocycles. The van der Waals surface area contributed by atoms with Crippen molar-refractivity contribution in [3.63, 3.8) is 0 Å². The Kier molecular flexibility index (Phi) is 4.60. The van der Waals surface area contributed by atoms with E-state index in [-0.39, 0.29) is 23.0 Å². The second-order valence-electron chi connectivity index (χ2n) is 4.92. The van der Waals surface area contributed by atoms with Gasteiger partial charge in [0.1, 0.15) is 11.6 Å². The Balaban J connectivity index is 2.13. The molecule has 2 rings (SSSR count). The molecule has 22 heavy (non-hydrogen) atoms. The number of carbonyl (C=O) groups excluding carboxylic acids is 2. The third-order valence-corrected chi connectivity index (χ3v) is 3.02. The number of esters is 1. The minimum absolute atomic E-state index is 0.0864. The van der Waals surface area contributed by atoms with Gasteiger partial charge in [0.15, 0.2) is 6.10 Å². The second kappa shape index (κ2) is 6.43. The molecular weight excluding hydrogens is 289 g/mol. The van der Waals surface area contributed by atoms with Crippen LogP contribution in [-0.4, -0.2) is 37.0 Å². The van der Waals surface area contributed by atoms with Gasteiger partial charge in [0.05, 0.1) is 5.56 Å². The van der Waals surface area contributed by atoms with Crippen LogP contribution >= 0.6 is 0 Å². The van der Waals surface area contributed by atoms with E-state index >= 15 is 0 Å². The summed E-state index contributed by atoms with van der Waals surface area (Å²) < 4.78 is 24.0. The lowest BCUT2D eigenvalue weighted by molar-refractivity contribution is -0.137. The monoisotopic (exact) mass is 305 g/mol. The summed E-state index contributed by atoms with van der Waals surface area (Å²) >= 11 is 0. The Morgan fingerprint density at radius 1 is 1.18 bits per heavy atom. The molecule has 0 aliphatic heterocycles. The van der Waals surface area contributed by atoms with Gasteiger partial charge in [-0.2, -0.15) is 0 Å². The molecule has 0 aliphatic rings. The normalized spacial score (nSPS) is 11.8. The molecule has 0 saturated heterocycles. The summed E-state index contributed by atoms with van der Waals surface area (Å²) in [5, 5.41) is 0. The zero-order chi connectivity index (χ0) is 16.3. The molecule has 2 aromatic rings. The summed E-state index contributed by atoms with van der Waals surface area (Å²) in [7, 11) is 3.13. The van der Waals surface area contributed by atoms with Gasteiger partial charge in [-0.3, -0.25) is 4.79 Å². The number of ether oxygens (including phenoxy) is 1. The Morgan fingerprint density at radius 3 is 2.50 bits per heavy atom. The van der Waals surface area contributed by atoms with Gasteiger partial charge < -0.3 is 14.1 Å². The SMILES string of the molecule is C[C@@H](OC(=O)c1ccc(-c2ccccc2F)o1)C(=O)N(C)C. The van der Waals surface area contributed by atoms with Gasteiger partial charge in [-0.25, -0.2) is 9.18 Å². The van der Waals surface area contributed by atoms with E-state index in [2.05, 4.69) is 0 Å². The van der Waals surface area contributed by atoms with Gasteiger partial charge in [-0.05, 0) is 31.2 Å². The first-order valence-electron chi connectivity index (χ1n) is 6.67. The highest BCUT2D eigenvalue weighted by Gasteiger charge is 2.22. The molecule has 0 radical (unpaired) electrons. The third kappa shape index (κ3) is 3.33. The van der Waals surface area contributed by atoms with Crippen LogP contribution in [0, 0.1) is 5.82 Å². The number of halogens is 1. The smallest absolute Gasteiger partial charge is 0.375 e. The van der Waals surface area contributed by atoms with Gasteiger partial charge in [0.25, 0.3) is 5.91 Å². The molecule has 1 aromatic carbocycles. The van der Waals surface area contributed by atoms with Crippen LogP contribution in [0.15, 0.2) is 40.8 Å². The Labute approximate surface area is 127 Å². The first-order chi connectivity index (χ1) is 10.4. The van der Waals surface area contributed by atoms with E-state index in [0.717, 1.165) is 0 Å². The summed E-state index contributed by atoms with van der Waals surface area (Å²) in [4.78, 5) is 24.9. The van der Waals surface area contributed by atoms with Crippen molar-refractivity contribution < 1.29 is 23.1 Å². The van der Waals surface area contributed by atoms with Crippen molar-refractivity contribution in [2.24, 2.45) is 0 Å². The topological polar surface area (TPSA) is 59.8 Å². The predicted octanol–water partition coefficient (Wildman–Crippen LogP) is 2.72. The molecule has 1 heterocycles. The summed E-state index contributed by atoms with van der Waals surface area (Å²) in [5.41, 5.74) is 0.249. The molecule has 1 amide bonds. The number of hydrogen-bond donors (Lipinski definition) is 0. The van der Waals surface area contributed by atoms with Crippen molar-refractivity contribution in [1.82, 2.24) is 4.90 Å². The minimum atomic E-state index is -0.926. The van der Waals surface area contributed by atoms with Crippen LogP contribution in [0.1, 0.15) is 17.5 Å². The summed E-state index contributed by atoms with van der Waals surface area (Å²) in [6.45, 7) is 1.47. The molecule has 0 saturated carbocycles. The first kappa shape index (κ1) is 15.8. The number of hydrogen-bond acceptors (Lipinski definition) is 4. The first-order valence-corrected chi connectivity index (χ1v) is 6.67. The van der Waals surface area contributed by atoms with Gasteiger partial charge in [0, 0.05) is 14.1 Å². The number of nitrogens with zero attached hydrogens (tertiary/aromatic N) is 1. The molecule has 6 heteroatoms. The van der Waals surface area contributed by atoms with E-state index in [1.165, 1.54) is 30.0 Å². The fraction of sp³-hybridized carbons (Fsp3) is 0.250. The van der Waals surface area contributed by atoms with E-state index in [1.807, 2.05) is 0 Å². The molecule has 0 spiro atoms. The molecule has 1 aromatic heterocycles. The molecule has 0 N–H and O–H groups in total. The van der Waals surface area contributed by atoms with E-state index in [9.17, 15) is 14.0 Å². The lowest BCUT2D eigenvalue weighted by Crippen LogP contribution is -2.34. The summed E-state index contributed by atoms with van der Waals surface area (Å²) in [6.07, 6.45) is -0.926. The highest BCUT2D eigenvalue weighted by atomic mass is 19.1. The number of furan rings is 1. The Morgan fingerprint density at radius 2 is 1.86 bits per heavy atom. The number of carbonyl (C=O) groups is 2. The summed E-state index contributed by atoms with van der Waals surface area (Å²) in [6, 6.07) is 8.93.